The number of halogens is 3. The maximum Gasteiger partial charge on any atom is 0.490 e. The van der Waals surface area contributed by atoms with Crippen LogP contribution in [0.3, 0.4) is 0 Å². The first-order valence-electron chi connectivity index (χ1n) is 12.9. The van der Waals surface area contributed by atoms with Gasteiger partial charge < -0.3 is 42.1 Å². The van der Waals surface area contributed by atoms with Crippen LogP contribution in [0.4, 0.5) is 13.2 Å². The van der Waals surface area contributed by atoms with E-state index >= 15 is 0 Å². The van der Waals surface area contributed by atoms with Gasteiger partial charge in [-0.3, -0.25) is 29.4 Å². The minimum Gasteiger partial charge on any atom is -0.480 e. The number of rotatable bonds is 13. The van der Waals surface area contributed by atoms with Gasteiger partial charge in [0.05, 0.1) is 6.54 Å². The van der Waals surface area contributed by atoms with Gasteiger partial charge in [0.15, 0.2) is 0 Å². The molecular formula is C25H34F3N7O8. The minimum atomic E-state index is -5.08. The fourth-order valence-corrected chi connectivity index (χ4v) is 3.77. The second-order valence-corrected chi connectivity index (χ2v) is 9.12. The molecule has 1 aromatic carbocycles. The molecule has 2 rings (SSSR count). The number of nitrogens with zero attached hydrogens (tertiary/aromatic N) is 2. The molecule has 1 heterocycles. The highest BCUT2D eigenvalue weighted by Gasteiger charge is 2.38. The third-order valence-corrected chi connectivity index (χ3v) is 5.92. The number of nitrogens with two attached hydrogens (primary N) is 2. The van der Waals surface area contributed by atoms with Gasteiger partial charge in [0.1, 0.15) is 18.4 Å². The number of amides is 4. The number of amidine groups is 1. The Bertz CT molecular complexity index is 1180. The van der Waals surface area contributed by atoms with Crippen LogP contribution in [-0.2, 0) is 24.0 Å². The second kappa shape index (κ2) is 17.3. The molecule has 0 spiro atoms. The third-order valence-electron chi connectivity index (χ3n) is 5.92. The van der Waals surface area contributed by atoms with Crippen LogP contribution in [0, 0.1) is 5.41 Å². The normalized spacial score (nSPS) is 14.7. The summed E-state index contributed by atoms with van der Waals surface area (Å²) < 4.78 is 31.7. The van der Waals surface area contributed by atoms with Crippen LogP contribution in [0.15, 0.2) is 24.3 Å². The zero-order valence-electron chi connectivity index (χ0n) is 23.0. The number of carboxylic acids is 2. The summed E-state index contributed by atoms with van der Waals surface area (Å²) in [6.07, 6.45) is -3.61. The molecule has 15 nitrogen and oxygen atoms in total. The van der Waals surface area contributed by atoms with Gasteiger partial charge in [-0.15, -0.1) is 0 Å². The van der Waals surface area contributed by atoms with E-state index in [9.17, 15) is 37.1 Å². The lowest BCUT2D eigenvalue weighted by atomic mass is 10.0. The van der Waals surface area contributed by atoms with Crippen LogP contribution < -0.4 is 22.1 Å². The highest BCUT2D eigenvalue weighted by atomic mass is 19.4. The molecule has 1 aromatic rings. The number of nitrogens with one attached hydrogen (secondary N) is 3. The summed E-state index contributed by atoms with van der Waals surface area (Å²) in [6.45, 7) is 0.0477. The van der Waals surface area contributed by atoms with Gasteiger partial charge in [-0.25, -0.2) is 4.79 Å². The molecule has 0 aliphatic carbocycles. The molecule has 1 aliphatic rings. The lowest BCUT2D eigenvalue weighted by molar-refractivity contribution is -0.192. The predicted octanol–water partition coefficient (Wildman–Crippen LogP) is -0.907. The molecule has 1 fully saturated rings. The van der Waals surface area contributed by atoms with Crippen LogP contribution in [0.2, 0.25) is 0 Å². The summed E-state index contributed by atoms with van der Waals surface area (Å²) in [5.41, 5.74) is 11.5. The van der Waals surface area contributed by atoms with Crippen molar-refractivity contribution in [1.29, 1.82) is 5.41 Å². The number of nitrogen functional groups attached to an aromatic ring is 1. The summed E-state index contributed by atoms with van der Waals surface area (Å²) in [5, 5.41) is 28.9. The van der Waals surface area contributed by atoms with Crippen LogP contribution in [0.25, 0.3) is 0 Å². The fraction of sp³-hybridized carbons (Fsp3) is 0.480. The first-order chi connectivity index (χ1) is 20.1. The van der Waals surface area contributed by atoms with Crippen LogP contribution in [-0.4, -0.2) is 113 Å². The van der Waals surface area contributed by atoms with Crippen LogP contribution in [0.5, 0.6) is 0 Å². The smallest absolute Gasteiger partial charge is 0.480 e. The Morgan fingerprint density at radius 2 is 1.58 bits per heavy atom. The number of alkyl halides is 3. The van der Waals surface area contributed by atoms with Crippen molar-refractivity contribution in [2.75, 3.05) is 39.3 Å². The molecule has 1 aliphatic heterocycles. The molecule has 0 bridgehead atoms. The molecule has 1 saturated heterocycles. The van der Waals surface area contributed by atoms with Crippen molar-refractivity contribution in [3.63, 3.8) is 0 Å². The number of hydrogen-bond donors (Lipinski definition) is 7. The summed E-state index contributed by atoms with van der Waals surface area (Å²) in [7, 11) is 0. The van der Waals surface area contributed by atoms with E-state index in [-0.39, 0.29) is 43.4 Å². The number of benzene rings is 1. The number of hydrogen-bond acceptors (Lipinski definition) is 8. The number of carbonyl (C=O) groups is 6. The van der Waals surface area contributed by atoms with Crippen molar-refractivity contribution in [3.8, 4) is 0 Å². The quantitative estimate of drug-likeness (QED) is 0.0815. The van der Waals surface area contributed by atoms with Gasteiger partial charge in [0.2, 0.25) is 17.7 Å². The topological polar surface area (TPSA) is 249 Å². The van der Waals surface area contributed by atoms with Crippen molar-refractivity contribution < 1.29 is 52.2 Å². The van der Waals surface area contributed by atoms with E-state index in [1.54, 1.807) is 0 Å². The van der Waals surface area contributed by atoms with Gasteiger partial charge in [-0.2, -0.15) is 13.2 Å². The monoisotopic (exact) mass is 617 g/mol. The molecular weight excluding hydrogens is 583 g/mol. The summed E-state index contributed by atoms with van der Waals surface area (Å²) in [5.74, 6) is -5.68. The summed E-state index contributed by atoms with van der Waals surface area (Å²) in [4.78, 5) is 72.6. The summed E-state index contributed by atoms with van der Waals surface area (Å²) in [6, 6.07) is 5.09. The van der Waals surface area contributed by atoms with Gasteiger partial charge >= 0.3 is 18.1 Å². The van der Waals surface area contributed by atoms with E-state index in [0.717, 1.165) is 0 Å². The SMILES string of the molecule is N=C(N)c1ccc(C(=O)NCC(=O)N2CCN(CC(=O)O)C(=O)[C@@H]2CCCNC(=O)CCCN)cc1.O=C(O)C(F)(F)F. The van der Waals surface area contributed by atoms with Crippen LogP contribution >= 0.6 is 0 Å². The van der Waals surface area contributed by atoms with Crippen molar-refractivity contribution in [2.45, 2.75) is 37.9 Å². The Kier molecular flexibility index (Phi) is 14.6. The number of piperazine rings is 1. The highest BCUT2D eigenvalue weighted by Crippen LogP contribution is 2.17. The second-order valence-electron chi connectivity index (χ2n) is 9.12. The third kappa shape index (κ3) is 12.8. The van der Waals surface area contributed by atoms with E-state index in [1.165, 1.54) is 34.1 Å². The van der Waals surface area contributed by atoms with Crippen molar-refractivity contribution >= 4 is 41.4 Å². The van der Waals surface area contributed by atoms with Crippen molar-refractivity contribution in [1.82, 2.24) is 20.4 Å². The molecule has 18 heteroatoms. The molecule has 1 atom stereocenters. The Morgan fingerprint density at radius 1 is 1.00 bits per heavy atom. The van der Waals surface area contributed by atoms with Gasteiger partial charge in [0, 0.05) is 37.2 Å². The molecule has 0 radical (unpaired) electrons. The first-order valence-corrected chi connectivity index (χ1v) is 12.9. The molecule has 238 valence electrons. The summed E-state index contributed by atoms with van der Waals surface area (Å²) >= 11 is 0. The van der Waals surface area contributed by atoms with Crippen molar-refractivity contribution in [3.05, 3.63) is 35.4 Å². The zero-order chi connectivity index (χ0) is 32.7. The lowest BCUT2D eigenvalue weighted by Crippen LogP contribution is -2.60. The van der Waals surface area contributed by atoms with E-state index in [0.29, 0.717) is 37.9 Å². The van der Waals surface area contributed by atoms with E-state index < -0.39 is 48.4 Å². The predicted molar refractivity (Wildman–Crippen MR) is 144 cm³/mol. The average Bonchev–Trinajstić information content (AvgIpc) is 2.94. The van der Waals surface area contributed by atoms with E-state index in [1.807, 2.05) is 0 Å². The fourth-order valence-electron chi connectivity index (χ4n) is 3.77. The van der Waals surface area contributed by atoms with E-state index in [4.69, 9.17) is 31.9 Å². The van der Waals surface area contributed by atoms with Gasteiger partial charge in [0.25, 0.3) is 5.91 Å². The number of aliphatic carboxylic acids is 2. The van der Waals surface area contributed by atoms with Crippen LogP contribution in [0.1, 0.15) is 41.6 Å². The molecule has 9 N–H and O–H groups in total. The minimum absolute atomic E-state index is 0.0592. The molecule has 0 saturated carbocycles. The molecule has 0 unspecified atom stereocenters. The van der Waals surface area contributed by atoms with Gasteiger partial charge in [-0.1, -0.05) is 12.1 Å². The Morgan fingerprint density at radius 3 is 2.09 bits per heavy atom. The average molecular weight is 618 g/mol. The highest BCUT2D eigenvalue weighted by molar-refractivity contribution is 5.99. The Balaban J connectivity index is 0.00000117. The largest absolute Gasteiger partial charge is 0.490 e. The molecule has 4 amide bonds. The number of carboxylic acid groups (broad SMARTS) is 2. The van der Waals surface area contributed by atoms with Crippen molar-refractivity contribution in [2.24, 2.45) is 11.5 Å². The standard InChI is InChI=1S/C23H33N7O6.C2HF3O2/c24-9-1-4-18(31)27-10-2-3-17-23(36)29(14-20(33)34)11-12-30(17)19(32)13-28-22(35)16-7-5-15(6-8-16)21(25)26;3-2(4,5)1(6)7/h5-8,17H,1-4,9-14,24H2,(H3,25,26)(H,27,31)(H,28,35)(H,33,34);(H,6,7)/t17-;/m0./s1. The Labute approximate surface area is 243 Å². The number of carbonyl (C=O) groups excluding carboxylic acids is 4. The Hall–Kier alpha value is -4.74. The first kappa shape index (κ1) is 36.3. The molecule has 0 aromatic heterocycles. The lowest BCUT2D eigenvalue weighted by Gasteiger charge is -2.40. The molecule has 43 heavy (non-hydrogen) atoms. The van der Waals surface area contributed by atoms with Gasteiger partial charge in [-0.05, 0) is 37.9 Å². The van der Waals surface area contributed by atoms with E-state index in [2.05, 4.69) is 10.6 Å². The maximum absolute atomic E-state index is 12.9. The maximum atomic E-state index is 12.9. The zero-order valence-corrected chi connectivity index (χ0v) is 23.0.